The van der Waals surface area contributed by atoms with Crippen LogP contribution in [0.15, 0.2) is 0 Å². The SMILES string of the molecule is CN(CCC(C)(O)CN)CC1CCC1. The van der Waals surface area contributed by atoms with Gasteiger partial charge in [0.15, 0.2) is 0 Å². The summed E-state index contributed by atoms with van der Waals surface area (Å²) in [6.07, 6.45) is 4.95. The molecule has 14 heavy (non-hydrogen) atoms. The van der Waals surface area contributed by atoms with Gasteiger partial charge in [-0.25, -0.2) is 0 Å². The molecule has 3 heteroatoms. The lowest BCUT2D eigenvalue weighted by molar-refractivity contribution is 0.0472. The Balaban J connectivity index is 2.10. The third-order valence-electron chi connectivity index (χ3n) is 3.27. The number of nitrogens with two attached hydrogens (primary N) is 1. The van der Waals surface area contributed by atoms with E-state index in [0.29, 0.717) is 6.54 Å². The highest BCUT2D eigenvalue weighted by atomic mass is 16.3. The van der Waals surface area contributed by atoms with Crippen LogP contribution in [-0.4, -0.2) is 42.3 Å². The lowest BCUT2D eigenvalue weighted by Gasteiger charge is -2.31. The summed E-state index contributed by atoms with van der Waals surface area (Å²) in [4.78, 5) is 2.31. The summed E-state index contributed by atoms with van der Waals surface area (Å²) in [5.41, 5.74) is 4.78. The Labute approximate surface area is 87.3 Å². The van der Waals surface area contributed by atoms with Gasteiger partial charge in [-0.05, 0) is 39.2 Å². The number of nitrogens with zero attached hydrogens (tertiary/aromatic N) is 1. The molecule has 0 radical (unpaired) electrons. The smallest absolute Gasteiger partial charge is 0.0753 e. The van der Waals surface area contributed by atoms with E-state index in [1.165, 1.54) is 25.8 Å². The molecule has 1 unspecified atom stereocenters. The van der Waals surface area contributed by atoms with Crippen molar-refractivity contribution in [2.45, 2.75) is 38.2 Å². The first-order chi connectivity index (χ1) is 6.53. The van der Waals surface area contributed by atoms with E-state index >= 15 is 0 Å². The Hall–Kier alpha value is -0.120. The molecule has 0 bridgehead atoms. The molecule has 3 N–H and O–H groups in total. The first-order valence-electron chi connectivity index (χ1n) is 5.64. The Bertz CT molecular complexity index is 167. The summed E-state index contributed by atoms with van der Waals surface area (Å²) in [5.74, 6) is 0.905. The summed E-state index contributed by atoms with van der Waals surface area (Å²) in [7, 11) is 2.13. The fraction of sp³-hybridized carbons (Fsp3) is 1.00. The average Bonchev–Trinajstić information content (AvgIpc) is 2.08. The van der Waals surface area contributed by atoms with Gasteiger partial charge in [0.05, 0.1) is 5.60 Å². The van der Waals surface area contributed by atoms with Crippen LogP contribution in [0.1, 0.15) is 32.6 Å². The Morgan fingerprint density at radius 3 is 2.57 bits per heavy atom. The number of aliphatic hydroxyl groups is 1. The third-order valence-corrected chi connectivity index (χ3v) is 3.27. The molecule has 84 valence electrons. The van der Waals surface area contributed by atoms with Gasteiger partial charge in [0.25, 0.3) is 0 Å². The molecule has 0 aromatic heterocycles. The fourth-order valence-corrected chi connectivity index (χ4v) is 1.74. The normalized spacial score (nSPS) is 22.1. The zero-order valence-corrected chi connectivity index (χ0v) is 9.50. The molecular weight excluding hydrogens is 176 g/mol. The van der Waals surface area contributed by atoms with Gasteiger partial charge in [0.1, 0.15) is 0 Å². The lowest BCUT2D eigenvalue weighted by Crippen LogP contribution is -2.39. The van der Waals surface area contributed by atoms with Crippen LogP contribution in [-0.2, 0) is 0 Å². The summed E-state index contributed by atoms with van der Waals surface area (Å²) in [6, 6.07) is 0. The summed E-state index contributed by atoms with van der Waals surface area (Å²) >= 11 is 0. The average molecular weight is 200 g/mol. The van der Waals surface area contributed by atoms with Crippen LogP contribution >= 0.6 is 0 Å². The zero-order valence-electron chi connectivity index (χ0n) is 9.50. The van der Waals surface area contributed by atoms with Crippen molar-refractivity contribution in [3.05, 3.63) is 0 Å². The third kappa shape index (κ3) is 3.95. The minimum atomic E-state index is -0.687. The van der Waals surface area contributed by atoms with Crippen molar-refractivity contribution in [2.24, 2.45) is 11.7 Å². The zero-order chi connectivity index (χ0) is 10.6. The Kier molecular flexibility index (Phi) is 4.35. The minimum Gasteiger partial charge on any atom is -0.389 e. The summed E-state index contributed by atoms with van der Waals surface area (Å²) < 4.78 is 0. The van der Waals surface area contributed by atoms with E-state index in [9.17, 15) is 5.11 Å². The number of hydrogen-bond acceptors (Lipinski definition) is 3. The molecule has 1 fully saturated rings. The van der Waals surface area contributed by atoms with Gasteiger partial charge in [-0.2, -0.15) is 0 Å². The van der Waals surface area contributed by atoms with Crippen molar-refractivity contribution in [1.82, 2.24) is 4.90 Å². The van der Waals surface area contributed by atoms with Crippen LogP contribution in [0.3, 0.4) is 0 Å². The molecule has 0 amide bonds. The van der Waals surface area contributed by atoms with Gasteiger partial charge in [-0.1, -0.05) is 6.42 Å². The van der Waals surface area contributed by atoms with E-state index in [-0.39, 0.29) is 0 Å². The van der Waals surface area contributed by atoms with Crippen LogP contribution < -0.4 is 5.73 Å². The summed E-state index contributed by atoms with van der Waals surface area (Å²) in [6.45, 7) is 4.29. The van der Waals surface area contributed by atoms with Crippen LogP contribution in [0.25, 0.3) is 0 Å². The van der Waals surface area contributed by atoms with E-state index < -0.39 is 5.60 Å². The maximum absolute atomic E-state index is 9.73. The first kappa shape index (κ1) is 12.0. The largest absolute Gasteiger partial charge is 0.389 e. The maximum Gasteiger partial charge on any atom is 0.0753 e. The summed E-state index contributed by atoms with van der Waals surface area (Å²) in [5, 5.41) is 9.73. The molecule has 0 spiro atoms. The maximum atomic E-state index is 9.73. The predicted molar refractivity (Wildman–Crippen MR) is 59.1 cm³/mol. The van der Waals surface area contributed by atoms with Gasteiger partial charge < -0.3 is 15.7 Å². The van der Waals surface area contributed by atoms with Crippen LogP contribution in [0.2, 0.25) is 0 Å². The molecule has 0 aromatic rings. The van der Waals surface area contributed by atoms with Crippen LogP contribution in [0, 0.1) is 5.92 Å². The Morgan fingerprint density at radius 1 is 1.50 bits per heavy atom. The van der Waals surface area contributed by atoms with Crippen molar-refractivity contribution in [1.29, 1.82) is 0 Å². The van der Waals surface area contributed by atoms with E-state index in [1.54, 1.807) is 0 Å². The van der Waals surface area contributed by atoms with Gasteiger partial charge in [-0.3, -0.25) is 0 Å². The highest BCUT2D eigenvalue weighted by molar-refractivity contribution is 4.77. The van der Waals surface area contributed by atoms with Crippen molar-refractivity contribution in [3.8, 4) is 0 Å². The number of hydrogen-bond donors (Lipinski definition) is 2. The molecule has 1 atom stereocenters. The molecule has 1 saturated carbocycles. The molecule has 3 nitrogen and oxygen atoms in total. The molecular formula is C11H24N2O. The molecule has 0 saturated heterocycles. The standard InChI is InChI=1S/C11H24N2O/c1-11(14,9-12)6-7-13(2)8-10-4-3-5-10/h10,14H,3-9,12H2,1-2H3. The quantitative estimate of drug-likeness (QED) is 0.667. The van der Waals surface area contributed by atoms with Crippen molar-refractivity contribution >= 4 is 0 Å². The highest BCUT2D eigenvalue weighted by Gasteiger charge is 2.21. The topological polar surface area (TPSA) is 49.5 Å². The molecule has 1 aliphatic rings. The molecule has 1 rings (SSSR count). The van der Waals surface area contributed by atoms with Crippen LogP contribution in [0.4, 0.5) is 0 Å². The first-order valence-corrected chi connectivity index (χ1v) is 5.64. The number of rotatable bonds is 6. The van der Waals surface area contributed by atoms with E-state index in [4.69, 9.17) is 5.73 Å². The molecule has 1 aliphatic carbocycles. The molecule has 0 aromatic carbocycles. The van der Waals surface area contributed by atoms with Gasteiger partial charge in [0, 0.05) is 19.6 Å². The second kappa shape index (κ2) is 5.10. The van der Waals surface area contributed by atoms with Gasteiger partial charge >= 0.3 is 0 Å². The van der Waals surface area contributed by atoms with E-state index in [2.05, 4.69) is 11.9 Å². The fourth-order valence-electron chi connectivity index (χ4n) is 1.74. The Morgan fingerprint density at radius 2 is 2.14 bits per heavy atom. The monoisotopic (exact) mass is 200 g/mol. The van der Waals surface area contributed by atoms with Gasteiger partial charge in [-0.15, -0.1) is 0 Å². The van der Waals surface area contributed by atoms with Crippen LogP contribution in [0.5, 0.6) is 0 Å². The molecule has 0 aliphatic heterocycles. The van der Waals surface area contributed by atoms with E-state index in [1.807, 2.05) is 6.92 Å². The molecule has 0 heterocycles. The van der Waals surface area contributed by atoms with Crippen molar-refractivity contribution in [3.63, 3.8) is 0 Å². The second-order valence-electron chi connectivity index (χ2n) is 5.01. The predicted octanol–water partition coefficient (Wildman–Crippen LogP) is 0.818. The minimum absolute atomic E-state index is 0.351. The van der Waals surface area contributed by atoms with Gasteiger partial charge in [0.2, 0.25) is 0 Å². The lowest BCUT2D eigenvalue weighted by atomic mass is 9.85. The second-order valence-corrected chi connectivity index (χ2v) is 5.01. The van der Waals surface area contributed by atoms with Crippen molar-refractivity contribution in [2.75, 3.05) is 26.7 Å². The highest BCUT2D eigenvalue weighted by Crippen LogP contribution is 2.26. The van der Waals surface area contributed by atoms with Crippen molar-refractivity contribution < 1.29 is 5.11 Å². The van der Waals surface area contributed by atoms with E-state index in [0.717, 1.165) is 18.9 Å².